The van der Waals surface area contributed by atoms with E-state index in [4.69, 9.17) is 20.9 Å². The van der Waals surface area contributed by atoms with E-state index in [2.05, 4.69) is 25.3 Å². The summed E-state index contributed by atoms with van der Waals surface area (Å²) in [5.41, 5.74) is 0. The molecule has 10 heteroatoms. The van der Waals surface area contributed by atoms with Crippen molar-refractivity contribution in [2.75, 3.05) is 0 Å². The lowest BCUT2D eigenvalue weighted by Gasteiger charge is -2.02. The molecule has 0 saturated carbocycles. The third-order valence-electron chi connectivity index (χ3n) is 3.23. The number of thioether (sulfide) groups is 1. The van der Waals surface area contributed by atoms with Crippen LogP contribution in [0, 0.1) is 0 Å². The van der Waals surface area contributed by atoms with Crippen molar-refractivity contribution < 1.29 is 9.26 Å². The number of aromatic amines is 1. The van der Waals surface area contributed by atoms with Gasteiger partial charge in [-0.3, -0.25) is 5.10 Å². The van der Waals surface area contributed by atoms with Crippen molar-refractivity contribution in [3.05, 3.63) is 58.5 Å². The molecule has 132 valence electrons. The normalized spacial score (nSPS) is 11.0. The Balaban J connectivity index is 1.30. The molecule has 0 spiro atoms. The third-order valence-corrected chi connectivity index (χ3v) is 5.18. The molecule has 1 aromatic carbocycles. The van der Waals surface area contributed by atoms with Crippen molar-refractivity contribution in [2.24, 2.45) is 0 Å². The molecule has 0 aliphatic heterocycles. The lowest BCUT2D eigenvalue weighted by atomic mass is 10.3. The molecule has 1 N–H and O–H groups in total. The van der Waals surface area contributed by atoms with Crippen LogP contribution in [0.3, 0.4) is 0 Å². The lowest BCUT2D eigenvalue weighted by molar-refractivity contribution is 0.296. The van der Waals surface area contributed by atoms with Crippen LogP contribution >= 0.6 is 34.7 Å². The molecule has 0 saturated heterocycles. The average Bonchev–Trinajstić information content (AvgIpc) is 3.40. The van der Waals surface area contributed by atoms with E-state index in [0.29, 0.717) is 39.2 Å². The molecule has 0 aliphatic carbocycles. The van der Waals surface area contributed by atoms with Crippen LogP contribution in [-0.2, 0) is 12.4 Å². The molecule has 26 heavy (non-hydrogen) atoms. The Labute approximate surface area is 161 Å². The first kappa shape index (κ1) is 17.1. The van der Waals surface area contributed by atoms with E-state index >= 15 is 0 Å². The molecule has 0 atom stereocenters. The highest BCUT2D eigenvalue weighted by atomic mass is 35.5. The first-order chi connectivity index (χ1) is 12.8. The lowest BCUT2D eigenvalue weighted by Crippen LogP contribution is -1.97. The summed E-state index contributed by atoms with van der Waals surface area (Å²) < 4.78 is 10.9. The second kappa shape index (κ2) is 7.90. The molecule has 7 nitrogen and oxygen atoms in total. The smallest absolute Gasteiger partial charge is 0.237 e. The number of nitrogens with zero attached hydrogens (tertiary/aromatic N) is 4. The summed E-state index contributed by atoms with van der Waals surface area (Å²) in [4.78, 5) is 9.72. The zero-order valence-electron chi connectivity index (χ0n) is 13.3. The zero-order chi connectivity index (χ0) is 17.8. The van der Waals surface area contributed by atoms with Crippen LogP contribution in [0.2, 0.25) is 5.02 Å². The predicted octanol–water partition coefficient (Wildman–Crippen LogP) is 4.44. The third kappa shape index (κ3) is 4.24. The van der Waals surface area contributed by atoms with Gasteiger partial charge in [-0.1, -0.05) is 34.6 Å². The van der Waals surface area contributed by atoms with Gasteiger partial charge in [0, 0.05) is 5.02 Å². The Hall–Kier alpha value is -2.36. The highest BCUT2D eigenvalue weighted by Gasteiger charge is 2.11. The van der Waals surface area contributed by atoms with E-state index < -0.39 is 0 Å². The van der Waals surface area contributed by atoms with Crippen LogP contribution in [0.25, 0.3) is 10.7 Å². The van der Waals surface area contributed by atoms with Gasteiger partial charge in [0.1, 0.15) is 12.4 Å². The standard InChI is InChI=1S/C16H12ClN5O2S2/c17-10-3-5-11(6-4-10)23-8-13-18-16(21-20-13)26-9-14-19-15(22-24-14)12-2-1-7-25-12/h1-7H,8-9H2,(H,18,20,21). The van der Waals surface area contributed by atoms with Crippen molar-refractivity contribution in [3.63, 3.8) is 0 Å². The van der Waals surface area contributed by atoms with Gasteiger partial charge in [0.15, 0.2) is 5.82 Å². The molecule has 3 heterocycles. The molecular weight excluding hydrogens is 394 g/mol. The average molecular weight is 406 g/mol. The van der Waals surface area contributed by atoms with Gasteiger partial charge in [0.05, 0.1) is 10.6 Å². The fourth-order valence-corrected chi connectivity index (χ4v) is 3.47. The number of hydrogen-bond acceptors (Lipinski definition) is 8. The first-order valence-corrected chi connectivity index (χ1v) is 9.79. The zero-order valence-corrected chi connectivity index (χ0v) is 15.6. The Morgan fingerprint density at radius 2 is 2.08 bits per heavy atom. The monoisotopic (exact) mass is 405 g/mol. The predicted molar refractivity (Wildman–Crippen MR) is 99.3 cm³/mol. The van der Waals surface area contributed by atoms with Gasteiger partial charge in [0.2, 0.25) is 16.9 Å². The fourth-order valence-electron chi connectivity index (χ4n) is 2.04. The van der Waals surface area contributed by atoms with Gasteiger partial charge < -0.3 is 9.26 Å². The maximum absolute atomic E-state index is 5.84. The quantitative estimate of drug-likeness (QED) is 0.454. The van der Waals surface area contributed by atoms with Crippen molar-refractivity contribution in [1.82, 2.24) is 25.3 Å². The first-order valence-electron chi connectivity index (χ1n) is 7.55. The van der Waals surface area contributed by atoms with E-state index in [-0.39, 0.29) is 6.61 Å². The van der Waals surface area contributed by atoms with Crippen molar-refractivity contribution in [2.45, 2.75) is 17.5 Å². The van der Waals surface area contributed by atoms with Gasteiger partial charge in [-0.2, -0.15) is 4.98 Å². The number of benzene rings is 1. The van der Waals surface area contributed by atoms with E-state index in [9.17, 15) is 0 Å². The van der Waals surface area contributed by atoms with Crippen LogP contribution < -0.4 is 4.74 Å². The molecule has 4 rings (SSSR count). The second-order valence-electron chi connectivity index (χ2n) is 5.08. The van der Waals surface area contributed by atoms with E-state index in [1.165, 1.54) is 11.8 Å². The molecule has 0 fully saturated rings. The van der Waals surface area contributed by atoms with E-state index in [0.717, 1.165) is 4.88 Å². The largest absolute Gasteiger partial charge is 0.486 e. The summed E-state index contributed by atoms with van der Waals surface area (Å²) in [6, 6.07) is 11.0. The number of aromatic nitrogens is 5. The SMILES string of the molecule is Clc1ccc(OCc2nc(SCc3nc(-c4cccs4)no3)n[nH]2)cc1. The van der Waals surface area contributed by atoms with Gasteiger partial charge in [-0.05, 0) is 35.7 Å². The topological polar surface area (TPSA) is 89.7 Å². The molecule has 0 radical (unpaired) electrons. The fraction of sp³-hybridized carbons (Fsp3) is 0.125. The molecule has 0 aliphatic rings. The Bertz CT molecular complexity index is 969. The number of halogens is 1. The van der Waals surface area contributed by atoms with Crippen LogP contribution in [0.1, 0.15) is 11.7 Å². The van der Waals surface area contributed by atoms with E-state index in [1.54, 1.807) is 35.6 Å². The molecule has 4 aromatic rings. The number of nitrogens with one attached hydrogen (secondary N) is 1. The highest BCUT2D eigenvalue weighted by Crippen LogP contribution is 2.24. The van der Waals surface area contributed by atoms with Crippen LogP contribution in [-0.4, -0.2) is 25.3 Å². The van der Waals surface area contributed by atoms with Crippen LogP contribution in [0.5, 0.6) is 5.75 Å². The number of thiophene rings is 1. The Morgan fingerprint density at radius 3 is 2.88 bits per heavy atom. The van der Waals surface area contributed by atoms with Gasteiger partial charge in [0.25, 0.3) is 0 Å². The number of rotatable bonds is 7. The molecule has 3 aromatic heterocycles. The summed E-state index contributed by atoms with van der Waals surface area (Å²) in [5.74, 6) is 2.97. The minimum absolute atomic E-state index is 0.290. The summed E-state index contributed by atoms with van der Waals surface area (Å²) >= 11 is 8.82. The Morgan fingerprint density at radius 1 is 1.19 bits per heavy atom. The molecule has 0 amide bonds. The number of ether oxygens (including phenoxy) is 1. The van der Waals surface area contributed by atoms with Crippen molar-refractivity contribution in [3.8, 4) is 16.5 Å². The maximum Gasteiger partial charge on any atom is 0.237 e. The number of hydrogen-bond donors (Lipinski definition) is 1. The molecule has 0 bridgehead atoms. The Kier molecular flexibility index (Phi) is 5.19. The second-order valence-corrected chi connectivity index (χ2v) is 7.41. The number of H-pyrrole nitrogens is 1. The van der Waals surface area contributed by atoms with Crippen molar-refractivity contribution in [1.29, 1.82) is 0 Å². The van der Waals surface area contributed by atoms with Gasteiger partial charge in [-0.25, -0.2) is 4.98 Å². The molecule has 0 unspecified atom stereocenters. The minimum Gasteiger partial charge on any atom is -0.486 e. The summed E-state index contributed by atoms with van der Waals surface area (Å²) in [5, 5.41) is 14.2. The van der Waals surface area contributed by atoms with Crippen LogP contribution in [0.15, 0.2) is 51.5 Å². The summed E-state index contributed by atoms with van der Waals surface area (Å²) in [6.45, 7) is 0.290. The maximum atomic E-state index is 5.84. The van der Waals surface area contributed by atoms with Gasteiger partial charge >= 0.3 is 0 Å². The van der Waals surface area contributed by atoms with Crippen molar-refractivity contribution >= 4 is 34.7 Å². The summed E-state index contributed by atoms with van der Waals surface area (Å²) in [7, 11) is 0. The van der Waals surface area contributed by atoms with E-state index in [1.807, 2.05) is 17.5 Å². The summed E-state index contributed by atoms with van der Waals surface area (Å²) in [6.07, 6.45) is 0. The van der Waals surface area contributed by atoms with Gasteiger partial charge in [-0.15, -0.1) is 16.4 Å². The van der Waals surface area contributed by atoms with Crippen LogP contribution in [0.4, 0.5) is 0 Å². The molecular formula is C16H12ClN5O2S2. The highest BCUT2D eigenvalue weighted by molar-refractivity contribution is 7.98. The minimum atomic E-state index is 0.290.